The van der Waals surface area contributed by atoms with Crippen molar-refractivity contribution in [3.8, 4) is 11.5 Å². The lowest BCUT2D eigenvalue weighted by Crippen LogP contribution is -2.07. The maximum absolute atomic E-state index is 5.49. The topological polar surface area (TPSA) is 18.5 Å². The van der Waals surface area contributed by atoms with E-state index in [-0.39, 0.29) is 0 Å². The Bertz CT molecular complexity index is 589. The van der Waals surface area contributed by atoms with Gasteiger partial charge in [0.2, 0.25) is 0 Å². The Hall–Kier alpha value is -1.96. The Morgan fingerprint density at radius 1 is 0.591 bits per heavy atom. The quantitative estimate of drug-likeness (QED) is 0.826. The third-order valence-electron chi connectivity index (χ3n) is 4.99. The van der Waals surface area contributed by atoms with Crippen molar-refractivity contribution in [2.45, 2.75) is 39.5 Å². The number of hydrogen-bond donors (Lipinski definition) is 0. The molecule has 0 aromatic heterocycles. The molecular weight excluding hydrogens is 272 g/mol. The van der Waals surface area contributed by atoms with Gasteiger partial charge in [-0.25, -0.2) is 0 Å². The molecule has 4 bridgehead atoms. The molecule has 1 aliphatic carbocycles. The fraction of sp³-hybridized carbons (Fsp3) is 0.400. The fourth-order valence-corrected chi connectivity index (χ4v) is 3.43. The zero-order chi connectivity index (χ0) is 15.7. The molecule has 0 amide bonds. The molecular formula is C20H24O2. The van der Waals surface area contributed by atoms with E-state index in [0.29, 0.717) is 0 Å². The van der Waals surface area contributed by atoms with Gasteiger partial charge in [-0.3, -0.25) is 0 Å². The summed E-state index contributed by atoms with van der Waals surface area (Å²) in [7, 11) is 3.50. The standard InChI is InChI=1S/C20H24O2/c1-13-15-5-7-17-11-20(22-4)12-18(14(17)2)8-6-16(13)10-19(9-15)21-3/h9-12H,5-8H2,1-4H3. The molecule has 2 aromatic rings. The van der Waals surface area contributed by atoms with Crippen molar-refractivity contribution in [1.29, 1.82) is 0 Å². The second-order valence-corrected chi connectivity index (χ2v) is 6.14. The van der Waals surface area contributed by atoms with Crippen molar-refractivity contribution in [3.63, 3.8) is 0 Å². The maximum atomic E-state index is 5.49. The Kier molecular flexibility index (Phi) is 4.10. The van der Waals surface area contributed by atoms with Crippen LogP contribution in [0.25, 0.3) is 0 Å². The average Bonchev–Trinajstić information content (AvgIpc) is 2.53. The first-order valence-electron chi connectivity index (χ1n) is 7.95. The molecule has 1 aliphatic rings. The highest BCUT2D eigenvalue weighted by Crippen LogP contribution is 2.30. The van der Waals surface area contributed by atoms with Gasteiger partial charge in [0.1, 0.15) is 11.5 Å². The molecule has 0 aliphatic heterocycles. The van der Waals surface area contributed by atoms with Gasteiger partial charge in [0.05, 0.1) is 14.2 Å². The normalized spacial score (nSPS) is 13.6. The summed E-state index contributed by atoms with van der Waals surface area (Å²) in [6, 6.07) is 8.77. The van der Waals surface area contributed by atoms with E-state index in [2.05, 4.69) is 38.1 Å². The summed E-state index contributed by atoms with van der Waals surface area (Å²) in [6.45, 7) is 4.49. The first kappa shape index (κ1) is 15.0. The summed E-state index contributed by atoms with van der Waals surface area (Å²) in [6.07, 6.45) is 4.18. The highest BCUT2D eigenvalue weighted by Gasteiger charge is 2.14. The molecule has 0 saturated carbocycles. The molecule has 22 heavy (non-hydrogen) atoms. The van der Waals surface area contributed by atoms with Crippen LogP contribution in [0.15, 0.2) is 24.3 Å². The van der Waals surface area contributed by atoms with Crippen molar-refractivity contribution in [1.82, 2.24) is 0 Å². The van der Waals surface area contributed by atoms with E-state index in [4.69, 9.17) is 9.47 Å². The van der Waals surface area contributed by atoms with Crippen LogP contribution in [0.4, 0.5) is 0 Å². The van der Waals surface area contributed by atoms with Crippen LogP contribution >= 0.6 is 0 Å². The second-order valence-electron chi connectivity index (χ2n) is 6.14. The van der Waals surface area contributed by atoms with E-state index in [1.54, 1.807) is 14.2 Å². The summed E-state index contributed by atoms with van der Waals surface area (Å²) in [5, 5.41) is 0. The predicted octanol–water partition coefficient (Wildman–Crippen LogP) is 4.20. The van der Waals surface area contributed by atoms with Crippen molar-refractivity contribution in [2.75, 3.05) is 14.2 Å². The Morgan fingerprint density at radius 3 is 1.09 bits per heavy atom. The van der Waals surface area contributed by atoms with Crippen molar-refractivity contribution in [3.05, 3.63) is 57.6 Å². The largest absolute Gasteiger partial charge is 0.497 e. The van der Waals surface area contributed by atoms with Crippen LogP contribution in [0.5, 0.6) is 11.5 Å². The first-order chi connectivity index (χ1) is 10.6. The van der Waals surface area contributed by atoms with E-state index >= 15 is 0 Å². The lowest BCUT2D eigenvalue weighted by atomic mass is 9.88. The van der Waals surface area contributed by atoms with Gasteiger partial charge in [-0.05, 0) is 97.2 Å². The van der Waals surface area contributed by atoms with E-state index < -0.39 is 0 Å². The molecule has 0 N–H and O–H groups in total. The van der Waals surface area contributed by atoms with E-state index in [9.17, 15) is 0 Å². The molecule has 0 saturated heterocycles. The molecule has 2 nitrogen and oxygen atoms in total. The summed E-state index contributed by atoms with van der Waals surface area (Å²) >= 11 is 0. The van der Waals surface area contributed by atoms with Gasteiger partial charge in [0, 0.05) is 0 Å². The lowest BCUT2D eigenvalue weighted by Gasteiger charge is -2.19. The average molecular weight is 296 g/mol. The second kappa shape index (κ2) is 6.04. The van der Waals surface area contributed by atoms with Crippen LogP contribution in [-0.4, -0.2) is 14.2 Å². The lowest BCUT2D eigenvalue weighted by molar-refractivity contribution is 0.412. The Balaban J connectivity index is 2.07. The molecule has 2 heteroatoms. The smallest absolute Gasteiger partial charge is 0.119 e. The van der Waals surface area contributed by atoms with Gasteiger partial charge in [-0.2, -0.15) is 0 Å². The fourth-order valence-electron chi connectivity index (χ4n) is 3.43. The highest BCUT2D eigenvalue weighted by atomic mass is 16.5. The molecule has 0 unspecified atom stereocenters. The third kappa shape index (κ3) is 2.70. The van der Waals surface area contributed by atoms with Gasteiger partial charge in [0.15, 0.2) is 0 Å². The van der Waals surface area contributed by atoms with Crippen LogP contribution in [0.2, 0.25) is 0 Å². The number of rotatable bonds is 2. The first-order valence-corrected chi connectivity index (χ1v) is 7.95. The third-order valence-corrected chi connectivity index (χ3v) is 4.99. The molecule has 2 aromatic carbocycles. The summed E-state index contributed by atoms with van der Waals surface area (Å²) in [4.78, 5) is 0. The van der Waals surface area contributed by atoms with E-state index in [1.165, 1.54) is 33.4 Å². The molecule has 0 spiro atoms. The van der Waals surface area contributed by atoms with Crippen LogP contribution < -0.4 is 9.47 Å². The summed E-state index contributed by atoms with van der Waals surface area (Å²) in [5.41, 5.74) is 8.46. The minimum atomic E-state index is 0.981. The Labute approximate surface area is 133 Å². The molecule has 0 heterocycles. The van der Waals surface area contributed by atoms with Gasteiger partial charge in [-0.1, -0.05) is 0 Å². The van der Waals surface area contributed by atoms with Crippen molar-refractivity contribution >= 4 is 0 Å². The van der Waals surface area contributed by atoms with E-state index in [0.717, 1.165) is 37.2 Å². The summed E-state index contributed by atoms with van der Waals surface area (Å²) in [5.74, 6) is 1.96. The molecule has 0 fully saturated rings. The van der Waals surface area contributed by atoms with Crippen LogP contribution in [0.3, 0.4) is 0 Å². The zero-order valence-corrected chi connectivity index (χ0v) is 14.0. The van der Waals surface area contributed by atoms with Gasteiger partial charge >= 0.3 is 0 Å². The minimum absolute atomic E-state index is 0.981. The van der Waals surface area contributed by atoms with Crippen LogP contribution in [0, 0.1) is 13.8 Å². The number of methoxy groups -OCH3 is 2. The maximum Gasteiger partial charge on any atom is 0.119 e. The van der Waals surface area contributed by atoms with Gasteiger partial charge in [-0.15, -0.1) is 0 Å². The minimum Gasteiger partial charge on any atom is -0.497 e. The molecule has 3 rings (SSSR count). The number of hydrogen-bond acceptors (Lipinski definition) is 2. The zero-order valence-electron chi connectivity index (χ0n) is 14.0. The molecule has 0 radical (unpaired) electrons. The van der Waals surface area contributed by atoms with Gasteiger partial charge in [0.25, 0.3) is 0 Å². The number of aryl methyl sites for hydroxylation is 4. The highest BCUT2D eigenvalue weighted by molar-refractivity contribution is 5.47. The Morgan fingerprint density at radius 2 is 0.864 bits per heavy atom. The van der Waals surface area contributed by atoms with Crippen LogP contribution in [-0.2, 0) is 25.7 Å². The van der Waals surface area contributed by atoms with Crippen molar-refractivity contribution < 1.29 is 9.47 Å². The van der Waals surface area contributed by atoms with Gasteiger partial charge < -0.3 is 9.47 Å². The predicted molar refractivity (Wildman–Crippen MR) is 90.3 cm³/mol. The molecule has 0 atom stereocenters. The number of fused-ring (bicyclic) bond motifs is 4. The number of ether oxygens (including phenoxy) is 2. The summed E-state index contributed by atoms with van der Waals surface area (Å²) < 4.78 is 11.0. The van der Waals surface area contributed by atoms with Crippen molar-refractivity contribution in [2.24, 2.45) is 0 Å². The SMILES string of the molecule is COc1cc2c(C)c(c1)CCc1cc(OC)cc(c1C)CC2. The van der Waals surface area contributed by atoms with Crippen LogP contribution in [0.1, 0.15) is 33.4 Å². The monoisotopic (exact) mass is 296 g/mol. The van der Waals surface area contributed by atoms with E-state index in [1.807, 2.05) is 0 Å². The molecule has 116 valence electrons. The number of benzene rings is 2.